The number of hydrogen-bond donors (Lipinski definition) is 0. The summed E-state index contributed by atoms with van der Waals surface area (Å²) >= 11 is 0. The van der Waals surface area contributed by atoms with Crippen molar-refractivity contribution in [1.82, 2.24) is 0 Å². The highest BCUT2D eigenvalue weighted by molar-refractivity contribution is 5.84. The molecular formula is C11H20O3. The number of Topliss-reactive ketones (excluding diaryl/α,β-unsaturated/α-hetero) is 1. The molecule has 0 amide bonds. The maximum Gasteiger partial charge on any atom is 0.218 e. The Kier molecular flexibility index (Phi) is 5.12. The first-order valence-corrected chi connectivity index (χ1v) is 5.56. The van der Waals surface area contributed by atoms with Crippen LogP contribution in [0.15, 0.2) is 0 Å². The molecule has 82 valence electrons. The second-order valence-electron chi connectivity index (χ2n) is 3.63. The second-order valence-corrected chi connectivity index (χ2v) is 3.63. The molecule has 1 saturated carbocycles. The summed E-state index contributed by atoms with van der Waals surface area (Å²) in [6.45, 7) is 4.83. The highest BCUT2D eigenvalue weighted by Gasteiger charge is 2.29. The van der Waals surface area contributed by atoms with Crippen LogP contribution in [0.25, 0.3) is 0 Å². The van der Waals surface area contributed by atoms with Crippen molar-refractivity contribution >= 4 is 5.78 Å². The van der Waals surface area contributed by atoms with E-state index in [1.807, 2.05) is 13.8 Å². The molecule has 0 aromatic carbocycles. The second kappa shape index (κ2) is 6.14. The van der Waals surface area contributed by atoms with Crippen LogP contribution in [0.2, 0.25) is 0 Å². The summed E-state index contributed by atoms with van der Waals surface area (Å²) in [4.78, 5) is 11.9. The number of ether oxygens (including phenoxy) is 2. The Balaban J connectivity index is 2.43. The van der Waals surface area contributed by atoms with Gasteiger partial charge < -0.3 is 9.47 Å². The predicted molar refractivity (Wildman–Crippen MR) is 54.0 cm³/mol. The van der Waals surface area contributed by atoms with E-state index in [0.717, 1.165) is 12.8 Å². The summed E-state index contributed by atoms with van der Waals surface area (Å²) in [6.07, 6.45) is 3.74. The van der Waals surface area contributed by atoms with Gasteiger partial charge in [0.2, 0.25) is 6.29 Å². The molecule has 1 rings (SSSR count). The van der Waals surface area contributed by atoms with Crippen molar-refractivity contribution < 1.29 is 14.3 Å². The van der Waals surface area contributed by atoms with Crippen molar-refractivity contribution in [2.75, 3.05) is 13.2 Å². The van der Waals surface area contributed by atoms with E-state index in [9.17, 15) is 4.79 Å². The molecule has 3 nitrogen and oxygen atoms in total. The minimum atomic E-state index is -0.618. The number of carbonyl (C=O) groups is 1. The molecule has 0 atom stereocenters. The van der Waals surface area contributed by atoms with Crippen LogP contribution in [0.5, 0.6) is 0 Å². The largest absolute Gasteiger partial charge is 0.346 e. The van der Waals surface area contributed by atoms with Gasteiger partial charge in [-0.25, -0.2) is 0 Å². The Labute approximate surface area is 85.8 Å². The van der Waals surface area contributed by atoms with E-state index in [4.69, 9.17) is 9.47 Å². The quantitative estimate of drug-likeness (QED) is 0.616. The first-order valence-electron chi connectivity index (χ1n) is 5.56. The summed E-state index contributed by atoms with van der Waals surface area (Å²) in [7, 11) is 0. The van der Waals surface area contributed by atoms with E-state index in [-0.39, 0.29) is 11.7 Å². The smallest absolute Gasteiger partial charge is 0.218 e. The number of carbonyl (C=O) groups excluding carboxylic acids is 1. The van der Waals surface area contributed by atoms with Gasteiger partial charge in [-0.05, 0) is 26.7 Å². The van der Waals surface area contributed by atoms with Gasteiger partial charge in [-0.15, -0.1) is 0 Å². The lowest BCUT2D eigenvalue weighted by Gasteiger charge is -2.18. The third-order valence-corrected chi connectivity index (χ3v) is 2.63. The highest BCUT2D eigenvalue weighted by Crippen LogP contribution is 2.27. The van der Waals surface area contributed by atoms with E-state index in [2.05, 4.69) is 0 Å². The lowest BCUT2D eigenvalue weighted by Crippen LogP contribution is -2.32. The number of rotatable bonds is 6. The van der Waals surface area contributed by atoms with Crippen LogP contribution in [0.4, 0.5) is 0 Å². The van der Waals surface area contributed by atoms with Crippen molar-refractivity contribution in [1.29, 1.82) is 0 Å². The first-order chi connectivity index (χ1) is 6.79. The average molecular weight is 200 g/mol. The van der Waals surface area contributed by atoms with Crippen molar-refractivity contribution in [3.63, 3.8) is 0 Å². The zero-order valence-corrected chi connectivity index (χ0v) is 9.12. The molecule has 0 radical (unpaired) electrons. The Morgan fingerprint density at radius 3 is 2.14 bits per heavy atom. The third kappa shape index (κ3) is 3.07. The van der Waals surface area contributed by atoms with Gasteiger partial charge in [-0.1, -0.05) is 12.8 Å². The molecule has 1 fully saturated rings. The van der Waals surface area contributed by atoms with Crippen LogP contribution >= 0.6 is 0 Å². The van der Waals surface area contributed by atoms with Crippen molar-refractivity contribution in [3.05, 3.63) is 0 Å². The lowest BCUT2D eigenvalue weighted by atomic mass is 10.0. The van der Waals surface area contributed by atoms with Crippen molar-refractivity contribution in [2.24, 2.45) is 5.92 Å². The first kappa shape index (κ1) is 11.7. The van der Waals surface area contributed by atoms with Crippen LogP contribution in [-0.2, 0) is 14.3 Å². The molecule has 0 N–H and O–H groups in total. The molecule has 0 aromatic rings. The molecule has 14 heavy (non-hydrogen) atoms. The fourth-order valence-corrected chi connectivity index (χ4v) is 1.92. The van der Waals surface area contributed by atoms with E-state index >= 15 is 0 Å². The highest BCUT2D eigenvalue weighted by atomic mass is 16.7. The van der Waals surface area contributed by atoms with Crippen LogP contribution in [0.1, 0.15) is 39.5 Å². The summed E-state index contributed by atoms with van der Waals surface area (Å²) in [6, 6.07) is 0. The van der Waals surface area contributed by atoms with Gasteiger partial charge in [0.25, 0.3) is 0 Å². The minimum Gasteiger partial charge on any atom is -0.346 e. The van der Waals surface area contributed by atoms with Crippen molar-refractivity contribution in [2.45, 2.75) is 45.8 Å². The summed E-state index contributed by atoms with van der Waals surface area (Å²) in [5.41, 5.74) is 0. The predicted octanol–water partition coefficient (Wildman–Crippen LogP) is 2.14. The Hall–Kier alpha value is -0.410. The van der Waals surface area contributed by atoms with Gasteiger partial charge in [-0.3, -0.25) is 4.79 Å². The average Bonchev–Trinajstić information content (AvgIpc) is 2.69. The fraction of sp³-hybridized carbons (Fsp3) is 0.909. The van der Waals surface area contributed by atoms with Gasteiger partial charge in [0.1, 0.15) is 0 Å². The van der Waals surface area contributed by atoms with Crippen molar-refractivity contribution in [3.8, 4) is 0 Å². The van der Waals surface area contributed by atoms with Crippen LogP contribution in [-0.4, -0.2) is 25.3 Å². The monoisotopic (exact) mass is 200 g/mol. The molecule has 0 aromatic heterocycles. The van der Waals surface area contributed by atoms with Gasteiger partial charge >= 0.3 is 0 Å². The summed E-state index contributed by atoms with van der Waals surface area (Å²) in [5.74, 6) is 0.323. The maximum atomic E-state index is 11.9. The van der Waals surface area contributed by atoms with E-state index < -0.39 is 6.29 Å². The van der Waals surface area contributed by atoms with E-state index in [1.165, 1.54) is 12.8 Å². The molecule has 0 spiro atoms. The molecular weight excluding hydrogens is 180 g/mol. The van der Waals surface area contributed by atoms with Gasteiger partial charge in [0.05, 0.1) is 0 Å². The van der Waals surface area contributed by atoms with Crippen LogP contribution in [0, 0.1) is 5.92 Å². The Morgan fingerprint density at radius 2 is 1.71 bits per heavy atom. The molecule has 1 aliphatic carbocycles. The molecule has 0 bridgehead atoms. The standard InChI is InChI=1S/C11H20O3/c1-3-13-11(14-4-2)10(12)9-7-5-6-8-9/h9,11H,3-8H2,1-2H3. The van der Waals surface area contributed by atoms with Gasteiger partial charge in [0.15, 0.2) is 5.78 Å². The third-order valence-electron chi connectivity index (χ3n) is 2.63. The molecule has 1 aliphatic rings. The van der Waals surface area contributed by atoms with E-state index in [0.29, 0.717) is 13.2 Å². The minimum absolute atomic E-state index is 0.145. The molecule has 0 heterocycles. The maximum absolute atomic E-state index is 11.9. The summed E-state index contributed by atoms with van der Waals surface area (Å²) < 4.78 is 10.6. The number of ketones is 1. The Morgan fingerprint density at radius 1 is 1.21 bits per heavy atom. The molecule has 0 unspecified atom stereocenters. The van der Waals surface area contributed by atoms with Crippen LogP contribution < -0.4 is 0 Å². The number of hydrogen-bond acceptors (Lipinski definition) is 3. The lowest BCUT2D eigenvalue weighted by molar-refractivity contribution is -0.171. The summed E-state index contributed by atoms with van der Waals surface area (Å²) in [5, 5.41) is 0. The zero-order valence-electron chi connectivity index (χ0n) is 9.12. The molecule has 0 aliphatic heterocycles. The normalized spacial score (nSPS) is 17.9. The SMILES string of the molecule is CCOC(OCC)C(=O)C1CCCC1. The van der Waals surface area contributed by atoms with Crippen LogP contribution in [0.3, 0.4) is 0 Å². The fourth-order valence-electron chi connectivity index (χ4n) is 1.92. The Bertz CT molecular complexity index is 167. The van der Waals surface area contributed by atoms with E-state index in [1.54, 1.807) is 0 Å². The molecule has 3 heteroatoms. The molecule has 0 saturated heterocycles. The van der Waals surface area contributed by atoms with Gasteiger partial charge in [-0.2, -0.15) is 0 Å². The van der Waals surface area contributed by atoms with Gasteiger partial charge in [0, 0.05) is 19.1 Å². The topological polar surface area (TPSA) is 35.5 Å². The zero-order chi connectivity index (χ0) is 10.4.